The van der Waals surface area contributed by atoms with Crippen LogP contribution in [0.3, 0.4) is 0 Å². The number of hydrogen-bond acceptors (Lipinski definition) is 3. The second-order valence-corrected chi connectivity index (χ2v) is 4.03. The fourth-order valence-corrected chi connectivity index (χ4v) is 1.45. The van der Waals surface area contributed by atoms with E-state index in [2.05, 4.69) is 5.32 Å². The Hall–Kier alpha value is -2.09. The van der Waals surface area contributed by atoms with Crippen LogP contribution in [0.5, 0.6) is 0 Å². The molecule has 1 aromatic rings. The van der Waals surface area contributed by atoms with Crippen molar-refractivity contribution in [1.29, 1.82) is 0 Å². The van der Waals surface area contributed by atoms with Crippen LogP contribution in [-0.2, 0) is 6.18 Å². The molecule has 5 nitrogen and oxygen atoms in total. The van der Waals surface area contributed by atoms with Gasteiger partial charge in [-0.15, -0.1) is 0 Å². The maximum Gasteiger partial charge on any atom is 0.416 e. The zero-order valence-electron chi connectivity index (χ0n) is 10.9. The summed E-state index contributed by atoms with van der Waals surface area (Å²) in [4.78, 5) is 23.0. The lowest BCUT2D eigenvalue weighted by molar-refractivity contribution is -0.137. The Morgan fingerprint density at radius 3 is 2.40 bits per heavy atom. The molecule has 0 atom stereocenters. The zero-order valence-corrected chi connectivity index (χ0v) is 10.9. The summed E-state index contributed by atoms with van der Waals surface area (Å²) >= 11 is 0. The Morgan fingerprint density at radius 1 is 1.35 bits per heavy atom. The standard InChI is InChI=1S/C12H14F3N3O2/c1-3-18(16)11(20)17-10-5-4-8(12(13,14)15)6-9(10)7(2)19/h4-6H,3,16H2,1-2H3,(H,17,20). The Balaban J connectivity index is 3.15. The number of carbonyl (C=O) groups excluding carboxylic acids is 2. The predicted molar refractivity (Wildman–Crippen MR) is 67.0 cm³/mol. The number of nitrogens with zero attached hydrogens (tertiary/aromatic N) is 1. The van der Waals surface area contributed by atoms with Crippen LogP contribution < -0.4 is 11.2 Å². The fraction of sp³-hybridized carbons (Fsp3) is 0.333. The molecule has 0 heterocycles. The normalized spacial score (nSPS) is 11.1. The second kappa shape index (κ2) is 5.91. The van der Waals surface area contributed by atoms with Gasteiger partial charge in [0.15, 0.2) is 5.78 Å². The molecule has 0 spiro atoms. The van der Waals surface area contributed by atoms with E-state index in [1.807, 2.05) is 0 Å². The highest BCUT2D eigenvalue weighted by Crippen LogP contribution is 2.32. The molecular weight excluding hydrogens is 275 g/mol. The molecule has 0 aliphatic rings. The molecule has 2 amide bonds. The van der Waals surface area contributed by atoms with Crippen LogP contribution in [0.4, 0.5) is 23.7 Å². The molecule has 3 N–H and O–H groups in total. The van der Waals surface area contributed by atoms with E-state index in [0.717, 1.165) is 24.1 Å². The van der Waals surface area contributed by atoms with Crippen molar-refractivity contribution >= 4 is 17.5 Å². The summed E-state index contributed by atoms with van der Waals surface area (Å²) in [5, 5.41) is 3.13. The van der Waals surface area contributed by atoms with Crippen molar-refractivity contribution in [2.75, 3.05) is 11.9 Å². The molecule has 0 fully saturated rings. The number of nitrogens with two attached hydrogens (primary N) is 1. The van der Waals surface area contributed by atoms with E-state index < -0.39 is 23.6 Å². The van der Waals surface area contributed by atoms with Gasteiger partial charge in [-0.05, 0) is 32.0 Å². The summed E-state index contributed by atoms with van der Waals surface area (Å²) < 4.78 is 37.7. The predicted octanol–water partition coefficient (Wildman–Crippen LogP) is 2.64. The molecule has 110 valence electrons. The number of alkyl halides is 3. The molecule has 0 aliphatic carbocycles. The molecule has 0 radical (unpaired) electrons. The van der Waals surface area contributed by atoms with Gasteiger partial charge in [-0.25, -0.2) is 10.6 Å². The highest BCUT2D eigenvalue weighted by Gasteiger charge is 2.31. The van der Waals surface area contributed by atoms with Crippen molar-refractivity contribution < 1.29 is 22.8 Å². The van der Waals surface area contributed by atoms with Gasteiger partial charge in [-0.1, -0.05) is 0 Å². The van der Waals surface area contributed by atoms with Crippen LogP contribution in [-0.4, -0.2) is 23.4 Å². The summed E-state index contributed by atoms with van der Waals surface area (Å²) in [6, 6.07) is 1.80. The molecule has 20 heavy (non-hydrogen) atoms. The molecule has 0 unspecified atom stereocenters. The van der Waals surface area contributed by atoms with Crippen molar-refractivity contribution in [3.8, 4) is 0 Å². The summed E-state index contributed by atoms with van der Waals surface area (Å²) in [6.07, 6.45) is -4.56. The third-order valence-electron chi connectivity index (χ3n) is 2.57. The Kier molecular flexibility index (Phi) is 4.72. The minimum atomic E-state index is -4.56. The molecule has 8 heteroatoms. The number of hydrazine groups is 1. The minimum absolute atomic E-state index is 0.0144. The average molecular weight is 289 g/mol. The van der Waals surface area contributed by atoms with Crippen molar-refractivity contribution in [3.05, 3.63) is 29.3 Å². The van der Waals surface area contributed by atoms with Crippen LogP contribution in [0, 0.1) is 0 Å². The number of halogens is 3. The third-order valence-corrected chi connectivity index (χ3v) is 2.57. The lowest BCUT2D eigenvalue weighted by Gasteiger charge is -2.17. The van der Waals surface area contributed by atoms with Crippen LogP contribution in [0.15, 0.2) is 18.2 Å². The third kappa shape index (κ3) is 3.70. The highest BCUT2D eigenvalue weighted by atomic mass is 19.4. The quantitative estimate of drug-likeness (QED) is 0.389. The summed E-state index contributed by atoms with van der Waals surface area (Å²) in [5.74, 6) is 4.75. The highest BCUT2D eigenvalue weighted by molar-refractivity contribution is 6.03. The van der Waals surface area contributed by atoms with Crippen molar-refractivity contribution in [2.24, 2.45) is 5.84 Å². The van der Waals surface area contributed by atoms with E-state index >= 15 is 0 Å². The maximum atomic E-state index is 12.6. The molecule has 0 saturated carbocycles. The summed E-state index contributed by atoms with van der Waals surface area (Å²) in [5.41, 5.74) is -1.20. The van der Waals surface area contributed by atoms with Crippen molar-refractivity contribution in [1.82, 2.24) is 5.01 Å². The Labute approximate surface area is 113 Å². The van der Waals surface area contributed by atoms with Gasteiger partial charge >= 0.3 is 12.2 Å². The van der Waals surface area contributed by atoms with Crippen LogP contribution in [0.2, 0.25) is 0 Å². The number of nitrogens with one attached hydrogen (secondary N) is 1. The Bertz CT molecular complexity index is 529. The van der Waals surface area contributed by atoms with E-state index in [4.69, 9.17) is 5.84 Å². The lowest BCUT2D eigenvalue weighted by atomic mass is 10.1. The van der Waals surface area contributed by atoms with Gasteiger partial charge < -0.3 is 5.32 Å². The van der Waals surface area contributed by atoms with Gasteiger partial charge in [0.2, 0.25) is 0 Å². The molecular formula is C12H14F3N3O2. The smallest absolute Gasteiger partial charge is 0.306 e. The monoisotopic (exact) mass is 289 g/mol. The molecule has 0 aliphatic heterocycles. The maximum absolute atomic E-state index is 12.6. The topological polar surface area (TPSA) is 75.4 Å². The number of benzene rings is 1. The van der Waals surface area contributed by atoms with Gasteiger partial charge in [0.05, 0.1) is 11.3 Å². The zero-order chi connectivity index (χ0) is 15.5. The van der Waals surface area contributed by atoms with Gasteiger partial charge in [0.25, 0.3) is 0 Å². The number of anilines is 1. The van der Waals surface area contributed by atoms with Crippen LogP contribution in [0.1, 0.15) is 29.8 Å². The molecule has 1 rings (SSSR count). The van der Waals surface area contributed by atoms with E-state index in [-0.39, 0.29) is 17.8 Å². The number of hydrogen-bond donors (Lipinski definition) is 2. The number of rotatable bonds is 3. The second-order valence-electron chi connectivity index (χ2n) is 4.03. The number of urea groups is 1. The first-order valence-corrected chi connectivity index (χ1v) is 5.72. The minimum Gasteiger partial charge on any atom is -0.306 e. The van der Waals surface area contributed by atoms with Crippen molar-refractivity contribution in [3.63, 3.8) is 0 Å². The first-order valence-electron chi connectivity index (χ1n) is 5.72. The SMILES string of the molecule is CCN(N)C(=O)Nc1ccc(C(F)(F)F)cc1C(C)=O. The van der Waals surface area contributed by atoms with E-state index in [9.17, 15) is 22.8 Å². The van der Waals surface area contributed by atoms with Crippen LogP contribution in [0.25, 0.3) is 0 Å². The molecule has 0 aromatic heterocycles. The lowest BCUT2D eigenvalue weighted by Crippen LogP contribution is -2.40. The average Bonchev–Trinajstić information content (AvgIpc) is 2.36. The molecule has 1 aromatic carbocycles. The largest absolute Gasteiger partial charge is 0.416 e. The van der Waals surface area contributed by atoms with Gasteiger partial charge in [0, 0.05) is 12.1 Å². The van der Waals surface area contributed by atoms with E-state index in [1.165, 1.54) is 0 Å². The summed E-state index contributed by atoms with van der Waals surface area (Å²) in [7, 11) is 0. The summed E-state index contributed by atoms with van der Waals surface area (Å²) in [6.45, 7) is 2.95. The first-order chi connectivity index (χ1) is 9.16. The van der Waals surface area contributed by atoms with Gasteiger partial charge in [-0.3, -0.25) is 9.80 Å². The first kappa shape index (κ1) is 16.0. The van der Waals surface area contributed by atoms with Crippen LogP contribution >= 0.6 is 0 Å². The molecule has 0 bridgehead atoms. The number of ketones is 1. The number of amides is 2. The van der Waals surface area contributed by atoms with Gasteiger partial charge in [-0.2, -0.15) is 13.2 Å². The van der Waals surface area contributed by atoms with E-state index in [0.29, 0.717) is 6.07 Å². The number of Topliss-reactive ketones (excluding diaryl/α,β-unsaturated/α-hetero) is 1. The Morgan fingerprint density at radius 2 is 1.95 bits per heavy atom. The number of carbonyl (C=O) groups is 2. The fourth-order valence-electron chi connectivity index (χ4n) is 1.45. The van der Waals surface area contributed by atoms with Gasteiger partial charge in [0.1, 0.15) is 0 Å². The van der Waals surface area contributed by atoms with Crippen molar-refractivity contribution in [2.45, 2.75) is 20.0 Å². The molecule has 0 saturated heterocycles. The van der Waals surface area contributed by atoms with E-state index in [1.54, 1.807) is 6.92 Å².